The van der Waals surface area contributed by atoms with Crippen LogP contribution in [0.3, 0.4) is 0 Å². The number of nitrogens with zero attached hydrogens (tertiary/aromatic N) is 3. The molecule has 4 rings (SSSR count). The number of ketones is 1. The second kappa shape index (κ2) is 6.60. The first-order valence-electron chi connectivity index (χ1n) is 8.67. The lowest BCUT2D eigenvalue weighted by molar-refractivity contribution is -0.116. The van der Waals surface area contributed by atoms with Crippen LogP contribution in [0.1, 0.15) is 36.4 Å². The molecule has 136 valence electrons. The van der Waals surface area contributed by atoms with Crippen LogP contribution in [0.15, 0.2) is 53.1 Å². The van der Waals surface area contributed by atoms with Crippen LogP contribution in [0.5, 0.6) is 0 Å². The van der Waals surface area contributed by atoms with E-state index in [0.29, 0.717) is 47.0 Å². The molecular weight excluding hydrogens is 364 g/mol. The number of carbonyl (C=O) groups excluding carboxylic acids is 1. The summed E-state index contributed by atoms with van der Waals surface area (Å²) in [6, 6.07) is 11.6. The first kappa shape index (κ1) is 17.4. The van der Waals surface area contributed by atoms with Crippen LogP contribution in [0, 0.1) is 18.3 Å². The standard InChI is InChI=1S/C20H17ClN4O2/c1-11-16(19(21)25(24-11)12-6-3-2-4-7-12)17-13(10-22)20(23)27-15-9-5-8-14(26)18(15)17/h2-4,6-7,17H,5,8-9,23H2,1H3/t17-/m1/s1. The summed E-state index contributed by atoms with van der Waals surface area (Å²) in [4.78, 5) is 12.7. The summed E-state index contributed by atoms with van der Waals surface area (Å²) in [5, 5.41) is 14.6. The maximum Gasteiger partial charge on any atom is 0.205 e. The van der Waals surface area contributed by atoms with Gasteiger partial charge in [0.1, 0.15) is 22.6 Å². The average Bonchev–Trinajstić information content (AvgIpc) is 2.95. The lowest BCUT2D eigenvalue weighted by Crippen LogP contribution is -2.27. The Bertz CT molecular complexity index is 1040. The SMILES string of the molecule is Cc1nn(-c2ccccc2)c(Cl)c1[C@H]1C(C#N)=C(N)OC2=C1C(=O)CCC2. The van der Waals surface area contributed by atoms with Crippen molar-refractivity contribution in [2.75, 3.05) is 0 Å². The van der Waals surface area contributed by atoms with Crippen molar-refractivity contribution in [2.45, 2.75) is 32.1 Å². The highest BCUT2D eigenvalue weighted by Gasteiger charge is 2.40. The van der Waals surface area contributed by atoms with Crippen LogP contribution in [-0.4, -0.2) is 15.6 Å². The number of benzene rings is 1. The number of para-hydroxylation sites is 1. The van der Waals surface area contributed by atoms with Gasteiger partial charge in [0.2, 0.25) is 5.88 Å². The number of hydrogen-bond donors (Lipinski definition) is 1. The predicted octanol–water partition coefficient (Wildman–Crippen LogP) is 3.65. The highest BCUT2D eigenvalue weighted by molar-refractivity contribution is 6.31. The quantitative estimate of drug-likeness (QED) is 0.858. The van der Waals surface area contributed by atoms with Gasteiger partial charge in [-0.25, -0.2) is 4.68 Å². The van der Waals surface area contributed by atoms with Crippen molar-refractivity contribution in [2.24, 2.45) is 5.73 Å². The van der Waals surface area contributed by atoms with E-state index in [1.165, 1.54) is 0 Å². The Labute approximate surface area is 161 Å². The smallest absolute Gasteiger partial charge is 0.205 e. The molecular formula is C20H17ClN4O2. The van der Waals surface area contributed by atoms with Crippen molar-refractivity contribution in [3.8, 4) is 11.8 Å². The van der Waals surface area contributed by atoms with E-state index in [-0.39, 0.29) is 17.2 Å². The van der Waals surface area contributed by atoms with E-state index in [0.717, 1.165) is 5.69 Å². The summed E-state index contributed by atoms with van der Waals surface area (Å²) >= 11 is 6.70. The summed E-state index contributed by atoms with van der Waals surface area (Å²) in [6.07, 6.45) is 1.73. The Kier molecular flexibility index (Phi) is 4.25. The molecule has 0 saturated carbocycles. The van der Waals surface area contributed by atoms with E-state index < -0.39 is 5.92 Å². The van der Waals surface area contributed by atoms with Crippen molar-refractivity contribution in [3.63, 3.8) is 0 Å². The van der Waals surface area contributed by atoms with Crippen LogP contribution in [0.2, 0.25) is 5.15 Å². The molecule has 1 aromatic carbocycles. The first-order valence-corrected chi connectivity index (χ1v) is 9.05. The molecule has 2 aromatic rings. The molecule has 1 atom stereocenters. The molecule has 2 heterocycles. The van der Waals surface area contributed by atoms with E-state index in [1.807, 2.05) is 37.3 Å². The first-order chi connectivity index (χ1) is 13.0. The number of nitriles is 1. The molecule has 0 radical (unpaired) electrons. The number of aryl methyl sites for hydroxylation is 1. The lowest BCUT2D eigenvalue weighted by Gasteiger charge is -2.30. The Hall–Kier alpha value is -3.04. The number of aromatic nitrogens is 2. The summed E-state index contributed by atoms with van der Waals surface area (Å²) < 4.78 is 7.22. The normalized spacial score (nSPS) is 19.6. The second-order valence-corrected chi connectivity index (χ2v) is 6.93. The molecule has 1 aromatic heterocycles. The van der Waals surface area contributed by atoms with Gasteiger partial charge in [-0.15, -0.1) is 0 Å². The minimum atomic E-state index is -0.656. The zero-order valence-electron chi connectivity index (χ0n) is 14.7. The molecule has 0 saturated heterocycles. The topological polar surface area (TPSA) is 93.9 Å². The zero-order valence-corrected chi connectivity index (χ0v) is 15.5. The molecule has 0 fully saturated rings. The number of carbonyl (C=O) groups is 1. The van der Waals surface area contributed by atoms with Crippen LogP contribution in [-0.2, 0) is 9.53 Å². The van der Waals surface area contributed by atoms with Crippen LogP contribution >= 0.6 is 11.6 Å². The number of halogens is 1. The third-order valence-corrected chi connectivity index (χ3v) is 5.31. The fourth-order valence-electron chi connectivity index (χ4n) is 3.72. The zero-order chi connectivity index (χ0) is 19.1. The molecule has 1 aliphatic carbocycles. The van der Waals surface area contributed by atoms with Crippen molar-refractivity contribution in [3.05, 3.63) is 69.5 Å². The third kappa shape index (κ3) is 2.71. The number of Topliss-reactive ketones (excluding diaryl/α,β-unsaturated/α-hetero) is 1. The number of ether oxygens (including phenoxy) is 1. The Morgan fingerprint density at radius 1 is 1.33 bits per heavy atom. The Morgan fingerprint density at radius 2 is 2.07 bits per heavy atom. The van der Waals surface area contributed by atoms with E-state index in [9.17, 15) is 10.1 Å². The van der Waals surface area contributed by atoms with Crippen molar-refractivity contribution < 1.29 is 9.53 Å². The van der Waals surface area contributed by atoms with Crippen molar-refractivity contribution in [1.82, 2.24) is 9.78 Å². The van der Waals surface area contributed by atoms with Gasteiger partial charge in [0.05, 0.1) is 17.3 Å². The maximum atomic E-state index is 12.7. The highest BCUT2D eigenvalue weighted by atomic mass is 35.5. The number of allylic oxidation sites excluding steroid dienone is 3. The van der Waals surface area contributed by atoms with Gasteiger partial charge in [-0.1, -0.05) is 29.8 Å². The van der Waals surface area contributed by atoms with Gasteiger partial charge in [0, 0.05) is 24.0 Å². The van der Waals surface area contributed by atoms with Crippen molar-refractivity contribution >= 4 is 17.4 Å². The number of rotatable bonds is 2. The summed E-state index contributed by atoms with van der Waals surface area (Å²) in [5.41, 5.74) is 8.73. The van der Waals surface area contributed by atoms with Gasteiger partial charge in [-0.2, -0.15) is 10.4 Å². The van der Waals surface area contributed by atoms with E-state index in [2.05, 4.69) is 11.2 Å². The molecule has 0 unspecified atom stereocenters. The summed E-state index contributed by atoms with van der Waals surface area (Å²) in [5.74, 6) is -0.129. The van der Waals surface area contributed by atoms with Crippen LogP contribution in [0.25, 0.3) is 5.69 Å². The molecule has 0 bridgehead atoms. The van der Waals surface area contributed by atoms with E-state index >= 15 is 0 Å². The maximum absolute atomic E-state index is 12.7. The van der Waals surface area contributed by atoms with Gasteiger partial charge >= 0.3 is 0 Å². The molecule has 2 N–H and O–H groups in total. The van der Waals surface area contributed by atoms with Crippen LogP contribution < -0.4 is 5.73 Å². The fourth-order valence-corrected chi connectivity index (χ4v) is 4.11. The largest absolute Gasteiger partial charge is 0.444 e. The van der Waals surface area contributed by atoms with E-state index in [4.69, 9.17) is 22.1 Å². The fraction of sp³-hybridized carbons (Fsp3) is 0.250. The molecule has 0 spiro atoms. The summed E-state index contributed by atoms with van der Waals surface area (Å²) in [7, 11) is 0. The predicted molar refractivity (Wildman–Crippen MR) is 99.8 cm³/mol. The number of nitrogens with two attached hydrogens (primary N) is 1. The summed E-state index contributed by atoms with van der Waals surface area (Å²) in [6.45, 7) is 1.81. The van der Waals surface area contributed by atoms with Gasteiger partial charge in [-0.05, 0) is 25.5 Å². The van der Waals surface area contributed by atoms with Gasteiger partial charge in [0.25, 0.3) is 0 Å². The van der Waals surface area contributed by atoms with Crippen molar-refractivity contribution in [1.29, 1.82) is 5.26 Å². The molecule has 7 heteroatoms. The molecule has 27 heavy (non-hydrogen) atoms. The lowest BCUT2D eigenvalue weighted by atomic mass is 9.78. The second-order valence-electron chi connectivity index (χ2n) is 6.58. The van der Waals surface area contributed by atoms with Gasteiger partial charge < -0.3 is 10.5 Å². The highest BCUT2D eigenvalue weighted by Crippen LogP contribution is 2.46. The molecule has 1 aliphatic heterocycles. The minimum absolute atomic E-state index is 0.0267. The minimum Gasteiger partial charge on any atom is -0.444 e. The molecule has 6 nitrogen and oxygen atoms in total. The monoisotopic (exact) mass is 380 g/mol. The third-order valence-electron chi connectivity index (χ3n) is 4.94. The Morgan fingerprint density at radius 3 is 2.78 bits per heavy atom. The average molecular weight is 381 g/mol. The Balaban J connectivity index is 1.94. The van der Waals surface area contributed by atoms with Crippen LogP contribution in [0.4, 0.5) is 0 Å². The molecule has 2 aliphatic rings. The van der Waals surface area contributed by atoms with E-state index in [1.54, 1.807) is 4.68 Å². The van der Waals surface area contributed by atoms with Gasteiger partial charge in [-0.3, -0.25) is 4.79 Å². The number of hydrogen-bond acceptors (Lipinski definition) is 5. The van der Waals surface area contributed by atoms with Gasteiger partial charge in [0.15, 0.2) is 5.78 Å². The molecule has 0 amide bonds.